The predicted octanol–water partition coefficient (Wildman–Crippen LogP) is 0.451. The first-order valence-electron chi connectivity index (χ1n) is 5.95. The van der Waals surface area contributed by atoms with Gasteiger partial charge in [0, 0.05) is 18.4 Å². The van der Waals surface area contributed by atoms with Crippen molar-refractivity contribution in [3.05, 3.63) is 41.8 Å². The SMILES string of the molecule is O[C@H]1CN[C@@H](c2nc(Cc3ccccn3)no2)C1. The predicted molar refractivity (Wildman–Crippen MR) is 62.7 cm³/mol. The molecule has 2 N–H and O–H groups in total. The molecule has 0 unspecified atom stereocenters. The second kappa shape index (κ2) is 4.83. The number of aromatic nitrogens is 3. The Morgan fingerprint density at radius 2 is 2.39 bits per heavy atom. The summed E-state index contributed by atoms with van der Waals surface area (Å²) in [5.41, 5.74) is 0.907. The first-order chi connectivity index (χ1) is 8.81. The number of aliphatic hydroxyl groups is 1. The highest BCUT2D eigenvalue weighted by molar-refractivity contribution is 5.09. The maximum atomic E-state index is 9.44. The summed E-state index contributed by atoms with van der Waals surface area (Å²) in [6.45, 7) is 0.572. The highest BCUT2D eigenvalue weighted by Gasteiger charge is 2.28. The van der Waals surface area contributed by atoms with Gasteiger partial charge in [-0.25, -0.2) is 0 Å². The number of hydrogen-bond donors (Lipinski definition) is 2. The summed E-state index contributed by atoms with van der Waals surface area (Å²) in [6.07, 6.45) is 2.58. The van der Waals surface area contributed by atoms with Crippen LogP contribution in [0.1, 0.15) is 29.9 Å². The van der Waals surface area contributed by atoms with Crippen LogP contribution in [0.4, 0.5) is 0 Å². The third kappa shape index (κ3) is 2.39. The van der Waals surface area contributed by atoms with E-state index in [2.05, 4.69) is 20.4 Å². The lowest BCUT2D eigenvalue weighted by Gasteiger charge is -2.01. The van der Waals surface area contributed by atoms with Crippen LogP contribution < -0.4 is 5.32 Å². The maximum absolute atomic E-state index is 9.44. The minimum atomic E-state index is -0.332. The molecule has 3 heterocycles. The van der Waals surface area contributed by atoms with Gasteiger partial charge >= 0.3 is 0 Å². The van der Waals surface area contributed by atoms with Crippen LogP contribution in [0.15, 0.2) is 28.9 Å². The fourth-order valence-electron chi connectivity index (χ4n) is 2.05. The van der Waals surface area contributed by atoms with E-state index in [-0.39, 0.29) is 12.1 Å². The Morgan fingerprint density at radius 1 is 1.44 bits per heavy atom. The van der Waals surface area contributed by atoms with Gasteiger partial charge in [0.1, 0.15) is 0 Å². The molecule has 18 heavy (non-hydrogen) atoms. The topological polar surface area (TPSA) is 84.1 Å². The van der Waals surface area contributed by atoms with Crippen molar-refractivity contribution in [1.82, 2.24) is 20.4 Å². The van der Waals surface area contributed by atoms with Crippen molar-refractivity contribution in [3.63, 3.8) is 0 Å². The lowest BCUT2D eigenvalue weighted by molar-refractivity contribution is 0.191. The highest BCUT2D eigenvalue weighted by Crippen LogP contribution is 2.21. The number of hydrogen-bond acceptors (Lipinski definition) is 6. The Kier molecular flexibility index (Phi) is 3.04. The molecule has 6 nitrogen and oxygen atoms in total. The molecule has 0 amide bonds. The molecule has 1 aliphatic rings. The second-order valence-electron chi connectivity index (χ2n) is 4.40. The third-order valence-electron chi connectivity index (χ3n) is 2.95. The molecule has 0 aliphatic carbocycles. The number of aliphatic hydroxyl groups excluding tert-OH is 1. The van der Waals surface area contributed by atoms with Gasteiger partial charge < -0.3 is 14.9 Å². The standard InChI is InChI=1S/C12H14N4O2/c17-9-6-10(14-7-9)12-15-11(16-18-12)5-8-3-1-2-4-13-8/h1-4,9-10,14,17H,5-7H2/t9-,10-/m1/s1. The third-order valence-corrected chi connectivity index (χ3v) is 2.95. The molecule has 0 spiro atoms. The minimum absolute atomic E-state index is 0.0371. The summed E-state index contributed by atoms with van der Waals surface area (Å²) >= 11 is 0. The number of nitrogens with zero attached hydrogens (tertiary/aromatic N) is 3. The van der Waals surface area contributed by atoms with Crippen LogP contribution in [0.3, 0.4) is 0 Å². The summed E-state index contributed by atoms with van der Waals surface area (Å²) in [6, 6.07) is 5.69. The monoisotopic (exact) mass is 246 g/mol. The maximum Gasteiger partial charge on any atom is 0.243 e. The van der Waals surface area contributed by atoms with Crippen LogP contribution >= 0.6 is 0 Å². The van der Waals surface area contributed by atoms with Crippen LogP contribution in [-0.4, -0.2) is 32.9 Å². The average Bonchev–Trinajstić information content (AvgIpc) is 2.99. The second-order valence-corrected chi connectivity index (χ2v) is 4.40. The van der Waals surface area contributed by atoms with E-state index in [9.17, 15) is 5.11 Å². The van der Waals surface area contributed by atoms with Gasteiger partial charge in [-0.3, -0.25) is 4.98 Å². The van der Waals surface area contributed by atoms with E-state index in [1.807, 2.05) is 18.2 Å². The molecule has 2 aromatic heterocycles. The normalized spacial score (nSPS) is 23.4. The van der Waals surface area contributed by atoms with E-state index in [1.165, 1.54) is 0 Å². The summed E-state index contributed by atoms with van der Waals surface area (Å²) in [5, 5.41) is 16.5. The molecule has 0 aromatic carbocycles. The molecule has 0 saturated carbocycles. The molecule has 6 heteroatoms. The lowest BCUT2D eigenvalue weighted by atomic mass is 10.2. The van der Waals surface area contributed by atoms with Crippen LogP contribution in [0.25, 0.3) is 0 Å². The minimum Gasteiger partial charge on any atom is -0.392 e. The fourth-order valence-corrected chi connectivity index (χ4v) is 2.05. The van der Waals surface area contributed by atoms with Crippen molar-refractivity contribution < 1.29 is 9.63 Å². The van der Waals surface area contributed by atoms with Crippen molar-refractivity contribution in [3.8, 4) is 0 Å². The molecule has 94 valence electrons. The highest BCUT2D eigenvalue weighted by atomic mass is 16.5. The van der Waals surface area contributed by atoms with E-state index in [4.69, 9.17) is 4.52 Å². The molecule has 0 bridgehead atoms. The van der Waals surface area contributed by atoms with Gasteiger partial charge in [-0.05, 0) is 18.6 Å². The van der Waals surface area contributed by atoms with Gasteiger partial charge in [-0.1, -0.05) is 11.2 Å². The Bertz CT molecular complexity index is 514. The summed E-state index contributed by atoms with van der Waals surface area (Å²) in [7, 11) is 0. The Balaban J connectivity index is 1.70. The Hall–Kier alpha value is -1.79. The number of rotatable bonds is 3. The molecule has 2 aromatic rings. The number of β-amino-alcohol motifs (C(OH)–C–C–N with tert-alkyl or cyclic N) is 1. The summed E-state index contributed by atoms with van der Waals surface area (Å²) in [5.74, 6) is 1.16. The van der Waals surface area contributed by atoms with Gasteiger partial charge in [0.2, 0.25) is 5.89 Å². The van der Waals surface area contributed by atoms with Gasteiger partial charge in [0.25, 0.3) is 0 Å². The van der Waals surface area contributed by atoms with Crippen molar-refractivity contribution in [1.29, 1.82) is 0 Å². The fraction of sp³-hybridized carbons (Fsp3) is 0.417. The molecule has 2 atom stereocenters. The molecular weight excluding hydrogens is 232 g/mol. The molecular formula is C12H14N4O2. The van der Waals surface area contributed by atoms with Crippen LogP contribution in [0.2, 0.25) is 0 Å². The van der Waals surface area contributed by atoms with Gasteiger partial charge in [-0.15, -0.1) is 0 Å². The van der Waals surface area contributed by atoms with Crippen molar-refractivity contribution >= 4 is 0 Å². The molecule has 3 rings (SSSR count). The van der Waals surface area contributed by atoms with E-state index < -0.39 is 0 Å². The van der Waals surface area contributed by atoms with Gasteiger partial charge in [-0.2, -0.15) is 4.98 Å². The van der Waals surface area contributed by atoms with Crippen molar-refractivity contribution in [2.24, 2.45) is 0 Å². The van der Waals surface area contributed by atoms with E-state index in [0.717, 1.165) is 5.69 Å². The van der Waals surface area contributed by atoms with Crippen molar-refractivity contribution in [2.45, 2.75) is 25.0 Å². The lowest BCUT2D eigenvalue weighted by Crippen LogP contribution is -2.15. The smallest absolute Gasteiger partial charge is 0.243 e. The summed E-state index contributed by atoms with van der Waals surface area (Å²) in [4.78, 5) is 8.55. The zero-order chi connectivity index (χ0) is 12.4. The molecule has 0 radical (unpaired) electrons. The number of nitrogens with one attached hydrogen (secondary N) is 1. The van der Waals surface area contributed by atoms with E-state index in [0.29, 0.717) is 31.1 Å². The average molecular weight is 246 g/mol. The molecule has 1 aliphatic heterocycles. The zero-order valence-electron chi connectivity index (χ0n) is 9.78. The summed E-state index contributed by atoms with van der Waals surface area (Å²) < 4.78 is 5.21. The van der Waals surface area contributed by atoms with Crippen LogP contribution in [0, 0.1) is 0 Å². The first-order valence-corrected chi connectivity index (χ1v) is 5.95. The Morgan fingerprint density at radius 3 is 3.11 bits per heavy atom. The zero-order valence-corrected chi connectivity index (χ0v) is 9.78. The van der Waals surface area contributed by atoms with Gasteiger partial charge in [0.05, 0.1) is 18.6 Å². The first kappa shape index (κ1) is 11.3. The Labute approximate surface area is 104 Å². The van der Waals surface area contributed by atoms with E-state index in [1.54, 1.807) is 6.20 Å². The van der Waals surface area contributed by atoms with E-state index >= 15 is 0 Å². The largest absolute Gasteiger partial charge is 0.392 e. The van der Waals surface area contributed by atoms with Crippen LogP contribution in [-0.2, 0) is 6.42 Å². The van der Waals surface area contributed by atoms with Gasteiger partial charge in [0.15, 0.2) is 5.82 Å². The van der Waals surface area contributed by atoms with Crippen molar-refractivity contribution in [2.75, 3.05) is 6.54 Å². The van der Waals surface area contributed by atoms with Crippen LogP contribution in [0.5, 0.6) is 0 Å². The number of pyridine rings is 1. The molecule has 1 saturated heterocycles. The quantitative estimate of drug-likeness (QED) is 0.818. The molecule has 1 fully saturated rings.